The van der Waals surface area contributed by atoms with Gasteiger partial charge in [-0.2, -0.15) is 0 Å². The van der Waals surface area contributed by atoms with Crippen LogP contribution in [0.2, 0.25) is 30.1 Å². The average Bonchev–Trinajstić information content (AvgIpc) is 3.19. The molecule has 0 fully saturated rings. The van der Waals surface area contributed by atoms with Crippen LogP contribution in [-0.2, 0) is 43.0 Å². The Hall–Kier alpha value is -5.08. The molecule has 0 saturated heterocycles. The minimum atomic E-state index is -0.737. The van der Waals surface area contributed by atoms with Crippen LogP contribution in [0.5, 0.6) is 0 Å². The van der Waals surface area contributed by atoms with E-state index < -0.39 is 17.9 Å². The van der Waals surface area contributed by atoms with E-state index in [0.29, 0.717) is 76.3 Å². The van der Waals surface area contributed by atoms with Gasteiger partial charge in [-0.3, -0.25) is 28.8 Å². The highest BCUT2D eigenvalue weighted by atomic mass is 35.5. The van der Waals surface area contributed by atoms with Crippen LogP contribution in [0.3, 0.4) is 0 Å². The van der Waals surface area contributed by atoms with Crippen molar-refractivity contribution in [3.8, 4) is 0 Å². The number of ether oxygens (including phenoxy) is 2. The number of carbonyl (C=O) groups is 8. The lowest BCUT2D eigenvalue weighted by atomic mass is 9.80. The zero-order valence-corrected chi connectivity index (χ0v) is 41.9. The first-order valence-corrected chi connectivity index (χ1v) is 21.4. The molecule has 0 spiro atoms. The average molecular weight is 1020 g/mol. The first-order valence-electron chi connectivity index (χ1n) is 19.1. The standard InChI is InChI=1S/C18H19Cl2NO4.C12H10Cl2O2.C7H4Cl2O.C5H9NO.C5H8O2/c1-5-25-18(23)14-10(3)21-9(2)13(17(22)24-4)15(14)11-7-6-8-12(19)16(11)20;1-7(15)10(8(2)16)6-9-4-3-5-11(13)12(9)14;8-6-3-1-2-5(4-10)7(6)9;2*1-4(6)3-5(2)7/h6-8,15,21H,5H2,1-4H3;3-6H,1-2H3;1-4H;3H,6H2,1-2H3;3H2,1-2H3/b;;;4-3+;. The molecule has 18 heteroatoms. The number of carbonyl (C=O) groups excluding carboxylic acids is 8. The van der Waals surface area contributed by atoms with E-state index in [0.717, 1.165) is 0 Å². The minimum absolute atomic E-state index is 0.000000000000000444. The van der Waals surface area contributed by atoms with Crippen molar-refractivity contribution in [3.05, 3.63) is 141 Å². The summed E-state index contributed by atoms with van der Waals surface area (Å²) >= 11 is 35.5. The topological polar surface area (TPSA) is 193 Å². The number of ketones is 5. The highest BCUT2D eigenvalue weighted by Crippen LogP contribution is 2.43. The second-order valence-electron chi connectivity index (χ2n) is 13.6. The first-order chi connectivity index (χ1) is 30.3. The summed E-state index contributed by atoms with van der Waals surface area (Å²) in [4.78, 5) is 87.8. The van der Waals surface area contributed by atoms with Crippen LogP contribution in [0.25, 0.3) is 6.08 Å². The summed E-state index contributed by atoms with van der Waals surface area (Å²) in [5.41, 5.74) is 9.10. The molecular formula is C47H50Cl6N2O10. The predicted molar refractivity (Wildman–Crippen MR) is 259 cm³/mol. The molecule has 4 rings (SSSR count). The molecule has 0 aliphatic carbocycles. The van der Waals surface area contributed by atoms with Gasteiger partial charge in [0, 0.05) is 22.7 Å². The second-order valence-corrected chi connectivity index (χ2v) is 16.0. The van der Waals surface area contributed by atoms with Crippen LogP contribution in [0.15, 0.2) is 94.5 Å². The summed E-state index contributed by atoms with van der Waals surface area (Å²) in [6.45, 7) is 14.0. The summed E-state index contributed by atoms with van der Waals surface area (Å²) in [5, 5.41) is 5.12. The van der Waals surface area contributed by atoms with E-state index in [-0.39, 0.29) is 52.5 Å². The van der Waals surface area contributed by atoms with Crippen molar-refractivity contribution in [2.24, 2.45) is 5.73 Å². The second kappa shape index (κ2) is 30.2. The molecule has 3 N–H and O–H groups in total. The molecular weight excluding hydrogens is 965 g/mol. The molecule has 350 valence electrons. The molecule has 1 unspecified atom stereocenters. The third-order valence-corrected chi connectivity index (χ3v) is 10.5. The molecule has 1 aliphatic heterocycles. The van der Waals surface area contributed by atoms with Gasteiger partial charge in [0.2, 0.25) is 0 Å². The van der Waals surface area contributed by atoms with Gasteiger partial charge in [-0.15, -0.1) is 0 Å². The number of nitrogens with two attached hydrogens (primary N) is 1. The molecule has 0 aromatic heterocycles. The Labute approximate surface area is 409 Å². The quantitative estimate of drug-likeness (QED) is 0.0608. The van der Waals surface area contributed by atoms with Crippen LogP contribution >= 0.6 is 69.6 Å². The maximum absolute atomic E-state index is 12.6. The van der Waals surface area contributed by atoms with Crippen LogP contribution in [0.4, 0.5) is 0 Å². The maximum Gasteiger partial charge on any atom is 0.336 e. The van der Waals surface area contributed by atoms with Gasteiger partial charge in [-0.1, -0.05) is 106 Å². The molecule has 1 aliphatic rings. The molecule has 1 heterocycles. The van der Waals surface area contributed by atoms with E-state index in [1.165, 1.54) is 53.9 Å². The zero-order valence-electron chi connectivity index (χ0n) is 37.3. The normalized spacial score (nSPS) is 12.6. The lowest BCUT2D eigenvalue weighted by Gasteiger charge is -2.30. The van der Waals surface area contributed by atoms with Gasteiger partial charge < -0.3 is 20.5 Å². The number of halogens is 6. The fraction of sp³-hybridized carbons (Fsp3) is 0.277. The minimum Gasteiger partial charge on any atom is -0.466 e. The van der Waals surface area contributed by atoms with Crippen LogP contribution in [0.1, 0.15) is 96.1 Å². The highest BCUT2D eigenvalue weighted by Gasteiger charge is 2.39. The monoisotopic (exact) mass is 1010 g/mol. The van der Waals surface area contributed by atoms with Crippen LogP contribution in [-0.4, -0.2) is 60.9 Å². The SMILES string of the molecule is CC(=O)/C=C(\C)N.CC(=O)C(=Cc1cccc(Cl)c1Cl)C(C)=O.CC(=O)CC(C)=O.CCOC(=O)C1=C(C)NC(C)=C(C(=O)OC)C1c1cccc(Cl)c1Cl.O=Cc1cccc(Cl)c1Cl. The summed E-state index contributed by atoms with van der Waals surface area (Å²) in [5.74, 6) is -2.52. The Bertz CT molecular complexity index is 2370. The van der Waals surface area contributed by atoms with Crippen molar-refractivity contribution >= 4 is 123 Å². The molecule has 65 heavy (non-hydrogen) atoms. The van der Waals surface area contributed by atoms with Gasteiger partial charge in [0.15, 0.2) is 23.6 Å². The summed E-state index contributed by atoms with van der Waals surface area (Å²) in [6, 6.07) is 15.1. The number of nitrogens with one attached hydrogen (secondary N) is 1. The van der Waals surface area contributed by atoms with E-state index >= 15 is 0 Å². The first kappa shape index (κ1) is 59.9. The fourth-order valence-electron chi connectivity index (χ4n) is 5.43. The van der Waals surface area contributed by atoms with E-state index in [4.69, 9.17) is 84.8 Å². The summed E-state index contributed by atoms with van der Waals surface area (Å²) < 4.78 is 10.1. The highest BCUT2D eigenvalue weighted by molar-refractivity contribution is 6.44. The fourth-order valence-corrected chi connectivity index (χ4v) is 6.56. The smallest absolute Gasteiger partial charge is 0.336 e. The van der Waals surface area contributed by atoms with E-state index in [2.05, 4.69) is 5.32 Å². The lowest BCUT2D eigenvalue weighted by molar-refractivity contribution is -0.139. The van der Waals surface area contributed by atoms with E-state index in [9.17, 15) is 38.4 Å². The van der Waals surface area contributed by atoms with Gasteiger partial charge in [-0.05, 0) is 104 Å². The number of hydrogen-bond donors (Lipinski definition) is 2. The largest absolute Gasteiger partial charge is 0.466 e. The third-order valence-electron chi connectivity index (χ3n) is 8.03. The number of allylic oxidation sites excluding steroid dienone is 5. The number of Topliss-reactive ketones (excluding diaryl/α,β-unsaturated/α-hetero) is 4. The summed E-state index contributed by atoms with van der Waals surface area (Å²) in [7, 11) is 1.29. The third kappa shape index (κ3) is 20.7. The Morgan fingerprint density at radius 3 is 1.45 bits per heavy atom. The van der Waals surface area contributed by atoms with Crippen molar-refractivity contribution in [2.75, 3.05) is 13.7 Å². The van der Waals surface area contributed by atoms with Crippen LogP contribution in [0, 0.1) is 0 Å². The number of benzene rings is 3. The Morgan fingerprint density at radius 1 is 0.662 bits per heavy atom. The van der Waals surface area contributed by atoms with E-state index in [1.54, 1.807) is 82.3 Å². The van der Waals surface area contributed by atoms with Gasteiger partial charge >= 0.3 is 11.9 Å². The molecule has 3 aromatic rings. The maximum atomic E-state index is 12.6. The van der Waals surface area contributed by atoms with Crippen molar-refractivity contribution in [2.45, 2.75) is 74.7 Å². The van der Waals surface area contributed by atoms with Gasteiger partial charge in [0.1, 0.15) is 11.6 Å². The molecule has 3 aromatic carbocycles. The van der Waals surface area contributed by atoms with Gasteiger partial charge in [0.25, 0.3) is 0 Å². The van der Waals surface area contributed by atoms with E-state index in [1.807, 2.05) is 0 Å². The Kier molecular flexibility index (Phi) is 27.8. The predicted octanol–water partition coefficient (Wildman–Crippen LogP) is 11.3. The Balaban J connectivity index is 0.000000874. The number of esters is 2. The van der Waals surface area contributed by atoms with Gasteiger partial charge in [0.05, 0.1) is 72.9 Å². The van der Waals surface area contributed by atoms with Crippen molar-refractivity contribution in [3.63, 3.8) is 0 Å². The number of hydrogen-bond acceptors (Lipinski definition) is 12. The lowest BCUT2D eigenvalue weighted by Crippen LogP contribution is -2.32. The van der Waals surface area contributed by atoms with Crippen molar-refractivity contribution in [1.29, 1.82) is 0 Å². The Morgan fingerprint density at radius 2 is 1.09 bits per heavy atom. The number of aldehydes is 1. The number of dihydropyridines is 1. The molecule has 0 radical (unpaired) electrons. The molecule has 1 atom stereocenters. The molecule has 0 saturated carbocycles. The number of methoxy groups -OCH3 is 1. The molecule has 0 bridgehead atoms. The van der Waals surface area contributed by atoms with Crippen molar-refractivity contribution < 1.29 is 47.8 Å². The van der Waals surface area contributed by atoms with Gasteiger partial charge in [-0.25, -0.2) is 9.59 Å². The molecule has 12 nitrogen and oxygen atoms in total. The van der Waals surface area contributed by atoms with Crippen LogP contribution < -0.4 is 11.1 Å². The molecule has 0 amide bonds. The summed E-state index contributed by atoms with van der Waals surface area (Å²) in [6.07, 6.45) is 3.60. The zero-order chi connectivity index (χ0) is 50.3. The van der Waals surface area contributed by atoms with Crippen molar-refractivity contribution in [1.82, 2.24) is 5.32 Å². The number of rotatable bonds is 11.